The molecule has 0 aliphatic heterocycles. The number of aliphatic hydroxyl groups excluding tert-OH is 2. The molecule has 0 rings (SSSR count). The van der Waals surface area contributed by atoms with Gasteiger partial charge in [0, 0.05) is 0 Å². The van der Waals surface area contributed by atoms with E-state index in [4.69, 9.17) is 0 Å². The van der Waals surface area contributed by atoms with Crippen molar-refractivity contribution >= 4 is 0 Å². The van der Waals surface area contributed by atoms with Crippen LogP contribution in [-0.2, 0) is 0 Å². The van der Waals surface area contributed by atoms with Gasteiger partial charge in [0.05, 0.1) is 12.2 Å². The van der Waals surface area contributed by atoms with E-state index >= 15 is 0 Å². The predicted octanol–water partition coefficient (Wildman–Crippen LogP) is 1.72. The monoisotopic (exact) mass is 172 g/mol. The van der Waals surface area contributed by atoms with Gasteiger partial charge in [0.15, 0.2) is 0 Å². The van der Waals surface area contributed by atoms with E-state index in [1.165, 1.54) is 0 Å². The number of hydrogen-bond acceptors (Lipinski definition) is 2. The van der Waals surface area contributed by atoms with E-state index in [1.807, 2.05) is 20.8 Å². The third-order valence-electron chi connectivity index (χ3n) is 1.92. The van der Waals surface area contributed by atoms with Gasteiger partial charge in [0.2, 0.25) is 0 Å². The fourth-order valence-corrected chi connectivity index (χ4v) is 1.02. The number of aliphatic hydroxyl groups is 2. The van der Waals surface area contributed by atoms with Gasteiger partial charge in [-0.1, -0.05) is 26.8 Å². The number of allylic oxidation sites excluding steroid dienone is 1. The first kappa shape index (κ1) is 11.7. The summed E-state index contributed by atoms with van der Waals surface area (Å²) in [5, 5.41) is 19.1. The summed E-state index contributed by atoms with van der Waals surface area (Å²) in [5.41, 5.74) is -0.249. The second kappa shape index (κ2) is 4.63. The van der Waals surface area contributed by atoms with Gasteiger partial charge in [-0.15, -0.1) is 6.58 Å². The Morgan fingerprint density at radius 1 is 1.33 bits per heavy atom. The molecule has 0 spiro atoms. The molecule has 0 amide bonds. The summed E-state index contributed by atoms with van der Waals surface area (Å²) in [6.45, 7) is 9.30. The SMILES string of the molecule is C=CCCC(O)C(O)C(C)(C)C. The highest BCUT2D eigenvalue weighted by Gasteiger charge is 2.28. The Hall–Kier alpha value is -0.340. The molecule has 0 aromatic heterocycles. The summed E-state index contributed by atoms with van der Waals surface area (Å²) in [5.74, 6) is 0. The van der Waals surface area contributed by atoms with Crippen molar-refractivity contribution in [2.45, 2.75) is 45.8 Å². The Morgan fingerprint density at radius 2 is 1.83 bits per heavy atom. The van der Waals surface area contributed by atoms with Crippen LogP contribution in [0, 0.1) is 5.41 Å². The second-order valence-electron chi connectivity index (χ2n) is 4.24. The van der Waals surface area contributed by atoms with E-state index in [0.717, 1.165) is 6.42 Å². The lowest BCUT2D eigenvalue weighted by Crippen LogP contribution is -2.37. The predicted molar refractivity (Wildman–Crippen MR) is 50.9 cm³/mol. The maximum Gasteiger partial charge on any atom is 0.0847 e. The lowest BCUT2D eigenvalue weighted by Gasteiger charge is -2.29. The minimum absolute atomic E-state index is 0.249. The second-order valence-corrected chi connectivity index (χ2v) is 4.24. The van der Waals surface area contributed by atoms with Gasteiger partial charge in [-0.3, -0.25) is 0 Å². The van der Waals surface area contributed by atoms with Crippen LogP contribution in [0.25, 0.3) is 0 Å². The zero-order chi connectivity index (χ0) is 9.78. The maximum atomic E-state index is 9.60. The molecule has 2 unspecified atom stereocenters. The van der Waals surface area contributed by atoms with E-state index in [0.29, 0.717) is 6.42 Å². The standard InChI is InChI=1S/C10H20O2/c1-5-6-7-8(11)9(12)10(2,3)4/h5,8-9,11-12H,1,6-7H2,2-4H3. The minimum Gasteiger partial charge on any atom is -0.390 e. The third-order valence-corrected chi connectivity index (χ3v) is 1.92. The van der Waals surface area contributed by atoms with E-state index in [-0.39, 0.29) is 5.41 Å². The van der Waals surface area contributed by atoms with Crippen molar-refractivity contribution in [2.75, 3.05) is 0 Å². The van der Waals surface area contributed by atoms with E-state index in [1.54, 1.807) is 6.08 Å². The molecule has 0 aromatic rings. The molecule has 12 heavy (non-hydrogen) atoms. The summed E-state index contributed by atoms with van der Waals surface area (Å²) >= 11 is 0. The first-order valence-electron chi connectivity index (χ1n) is 4.36. The van der Waals surface area contributed by atoms with E-state index in [9.17, 15) is 10.2 Å². The maximum absolute atomic E-state index is 9.60. The first-order chi connectivity index (χ1) is 5.39. The lowest BCUT2D eigenvalue weighted by molar-refractivity contribution is -0.0468. The van der Waals surface area contributed by atoms with Crippen LogP contribution < -0.4 is 0 Å². The van der Waals surface area contributed by atoms with Gasteiger partial charge >= 0.3 is 0 Å². The Morgan fingerprint density at radius 3 is 2.17 bits per heavy atom. The first-order valence-corrected chi connectivity index (χ1v) is 4.36. The van der Waals surface area contributed by atoms with Crippen LogP contribution in [0.2, 0.25) is 0 Å². The highest BCUT2D eigenvalue weighted by Crippen LogP contribution is 2.23. The molecule has 0 saturated heterocycles. The van der Waals surface area contributed by atoms with Gasteiger partial charge < -0.3 is 10.2 Å². The zero-order valence-corrected chi connectivity index (χ0v) is 8.25. The summed E-state index contributed by atoms with van der Waals surface area (Å²) in [6.07, 6.45) is 1.79. The van der Waals surface area contributed by atoms with Crippen LogP contribution in [-0.4, -0.2) is 22.4 Å². The lowest BCUT2D eigenvalue weighted by atomic mass is 9.84. The summed E-state index contributed by atoms with van der Waals surface area (Å²) < 4.78 is 0. The fourth-order valence-electron chi connectivity index (χ4n) is 1.02. The van der Waals surface area contributed by atoms with E-state index < -0.39 is 12.2 Å². The zero-order valence-electron chi connectivity index (χ0n) is 8.25. The molecule has 0 aliphatic rings. The Balaban J connectivity index is 3.92. The molecular weight excluding hydrogens is 152 g/mol. The van der Waals surface area contributed by atoms with Gasteiger partial charge in [0.1, 0.15) is 0 Å². The molecule has 2 atom stereocenters. The molecule has 0 saturated carbocycles. The van der Waals surface area contributed by atoms with Crippen molar-refractivity contribution in [1.82, 2.24) is 0 Å². The van der Waals surface area contributed by atoms with Crippen molar-refractivity contribution in [3.8, 4) is 0 Å². The largest absolute Gasteiger partial charge is 0.390 e. The Labute approximate surface area is 74.9 Å². The number of hydrogen-bond donors (Lipinski definition) is 2. The molecular formula is C10H20O2. The average Bonchev–Trinajstić information content (AvgIpc) is 1.97. The topological polar surface area (TPSA) is 40.5 Å². The molecule has 0 aliphatic carbocycles. The van der Waals surface area contributed by atoms with Crippen molar-refractivity contribution in [3.63, 3.8) is 0 Å². The van der Waals surface area contributed by atoms with Gasteiger partial charge in [-0.25, -0.2) is 0 Å². The molecule has 0 heterocycles. The molecule has 0 aromatic carbocycles. The molecule has 0 bridgehead atoms. The van der Waals surface area contributed by atoms with Gasteiger partial charge in [-0.05, 0) is 18.3 Å². The molecule has 2 nitrogen and oxygen atoms in total. The van der Waals surface area contributed by atoms with Crippen LogP contribution >= 0.6 is 0 Å². The highest BCUT2D eigenvalue weighted by atomic mass is 16.3. The smallest absolute Gasteiger partial charge is 0.0847 e. The third kappa shape index (κ3) is 3.88. The van der Waals surface area contributed by atoms with Gasteiger partial charge in [-0.2, -0.15) is 0 Å². The normalized spacial score (nSPS) is 17.1. The summed E-state index contributed by atoms with van der Waals surface area (Å²) in [4.78, 5) is 0. The fraction of sp³-hybridized carbons (Fsp3) is 0.800. The van der Waals surface area contributed by atoms with Crippen LogP contribution in [0.15, 0.2) is 12.7 Å². The minimum atomic E-state index is -0.655. The Kier molecular flexibility index (Phi) is 4.50. The molecule has 0 radical (unpaired) electrons. The van der Waals surface area contributed by atoms with Crippen LogP contribution in [0.3, 0.4) is 0 Å². The van der Waals surface area contributed by atoms with Crippen LogP contribution in [0.1, 0.15) is 33.6 Å². The molecule has 2 N–H and O–H groups in total. The molecule has 2 heteroatoms. The molecule has 0 fully saturated rings. The van der Waals surface area contributed by atoms with E-state index in [2.05, 4.69) is 6.58 Å². The van der Waals surface area contributed by atoms with Crippen LogP contribution in [0.5, 0.6) is 0 Å². The summed E-state index contributed by atoms with van der Waals surface area (Å²) in [6, 6.07) is 0. The number of rotatable bonds is 4. The van der Waals surface area contributed by atoms with Gasteiger partial charge in [0.25, 0.3) is 0 Å². The van der Waals surface area contributed by atoms with Crippen molar-refractivity contribution in [2.24, 2.45) is 5.41 Å². The van der Waals surface area contributed by atoms with Crippen molar-refractivity contribution in [3.05, 3.63) is 12.7 Å². The highest BCUT2D eigenvalue weighted by molar-refractivity contribution is 4.81. The Bertz CT molecular complexity index is 135. The van der Waals surface area contributed by atoms with Crippen LogP contribution in [0.4, 0.5) is 0 Å². The molecule has 72 valence electrons. The average molecular weight is 172 g/mol. The van der Waals surface area contributed by atoms with Crippen molar-refractivity contribution < 1.29 is 10.2 Å². The van der Waals surface area contributed by atoms with Crippen molar-refractivity contribution in [1.29, 1.82) is 0 Å². The quantitative estimate of drug-likeness (QED) is 0.634. The summed E-state index contributed by atoms with van der Waals surface area (Å²) in [7, 11) is 0.